The molecular weight excluding hydrogens is 170 g/mol. The highest BCUT2D eigenvalue weighted by Gasteiger charge is 2.17. The number of hydrogen-bond acceptors (Lipinski definition) is 3. The Bertz CT molecular complexity index is 166. The summed E-state index contributed by atoms with van der Waals surface area (Å²) >= 11 is 0. The van der Waals surface area contributed by atoms with Crippen LogP contribution in [-0.2, 0) is 14.3 Å². The molecule has 1 heterocycles. The van der Waals surface area contributed by atoms with E-state index in [2.05, 4.69) is 0 Å². The van der Waals surface area contributed by atoms with Crippen LogP contribution in [0.1, 0.15) is 19.8 Å². The van der Waals surface area contributed by atoms with Crippen LogP contribution in [0.5, 0.6) is 0 Å². The van der Waals surface area contributed by atoms with Gasteiger partial charge < -0.3 is 14.4 Å². The Morgan fingerprint density at radius 1 is 1.46 bits per heavy atom. The Balaban J connectivity index is 2.25. The van der Waals surface area contributed by atoms with E-state index in [1.165, 1.54) is 0 Å². The second-order valence-electron chi connectivity index (χ2n) is 3.15. The second kappa shape index (κ2) is 5.19. The average Bonchev–Trinajstić information content (AvgIpc) is 2.18. The molecule has 1 amide bonds. The van der Waals surface area contributed by atoms with Gasteiger partial charge in [-0.1, -0.05) is 6.92 Å². The quantitative estimate of drug-likeness (QED) is 0.650. The van der Waals surface area contributed by atoms with Gasteiger partial charge in [0.1, 0.15) is 0 Å². The molecule has 4 heteroatoms. The van der Waals surface area contributed by atoms with Gasteiger partial charge in [0.2, 0.25) is 5.91 Å². The van der Waals surface area contributed by atoms with Gasteiger partial charge in [0, 0.05) is 13.5 Å². The number of likely N-dealkylation sites (N-methyl/N-ethyl adjacent to an activating group) is 1. The predicted octanol–water partition coefficient (Wildman–Crippen LogP) is 0.618. The highest BCUT2D eigenvalue weighted by atomic mass is 16.7. The normalized spacial score (nSPS) is 18.6. The van der Waals surface area contributed by atoms with Crippen LogP contribution in [-0.4, -0.2) is 43.9 Å². The maximum Gasteiger partial charge on any atom is 0.222 e. The Kier molecular flexibility index (Phi) is 4.18. The van der Waals surface area contributed by atoms with E-state index in [1.54, 1.807) is 11.9 Å². The van der Waals surface area contributed by atoms with Crippen molar-refractivity contribution in [3.63, 3.8) is 0 Å². The lowest BCUT2D eigenvalue weighted by Crippen LogP contribution is -2.38. The zero-order valence-electron chi connectivity index (χ0n) is 8.28. The average molecular weight is 187 g/mol. The number of carbonyl (C=O) groups excluding carboxylic acids is 1. The summed E-state index contributed by atoms with van der Waals surface area (Å²) in [5.41, 5.74) is 0. The SMILES string of the molecule is CCC(=O)N(C)CC1OCCCO1. The minimum atomic E-state index is -0.228. The van der Waals surface area contributed by atoms with Crippen LogP contribution in [0.3, 0.4) is 0 Å². The minimum Gasteiger partial charge on any atom is -0.351 e. The van der Waals surface area contributed by atoms with Gasteiger partial charge >= 0.3 is 0 Å². The lowest BCUT2D eigenvalue weighted by atomic mass is 10.4. The fourth-order valence-electron chi connectivity index (χ4n) is 1.24. The number of ether oxygens (including phenoxy) is 2. The number of nitrogens with zero attached hydrogens (tertiary/aromatic N) is 1. The van der Waals surface area contributed by atoms with Gasteiger partial charge in [-0.2, -0.15) is 0 Å². The van der Waals surface area contributed by atoms with E-state index < -0.39 is 0 Å². The van der Waals surface area contributed by atoms with Crippen molar-refractivity contribution in [1.29, 1.82) is 0 Å². The summed E-state index contributed by atoms with van der Waals surface area (Å²) in [6.45, 7) is 3.85. The first-order valence-electron chi connectivity index (χ1n) is 4.71. The van der Waals surface area contributed by atoms with Gasteiger partial charge in [0.15, 0.2) is 6.29 Å². The molecule has 1 aliphatic rings. The van der Waals surface area contributed by atoms with Crippen molar-refractivity contribution in [3.05, 3.63) is 0 Å². The highest BCUT2D eigenvalue weighted by molar-refractivity contribution is 5.75. The number of carbonyl (C=O) groups is 1. The molecule has 0 aromatic rings. The Morgan fingerprint density at radius 3 is 2.62 bits per heavy atom. The van der Waals surface area contributed by atoms with E-state index in [9.17, 15) is 4.79 Å². The third kappa shape index (κ3) is 3.32. The first-order valence-corrected chi connectivity index (χ1v) is 4.71. The summed E-state index contributed by atoms with van der Waals surface area (Å²) in [6.07, 6.45) is 1.25. The molecule has 0 aliphatic carbocycles. The lowest BCUT2D eigenvalue weighted by Gasteiger charge is -2.27. The van der Waals surface area contributed by atoms with Crippen LogP contribution in [0.4, 0.5) is 0 Å². The summed E-state index contributed by atoms with van der Waals surface area (Å²) in [7, 11) is 1.77. The summed E-state index contributed by atoms with van der Waals surface area (Å²) in [6, 6.07) is 0. The standard InChI is InChI=1S/C9H17NO3/c1-3-8(11)10(2)7-9-12-5-4-6-13-9/h9H,3-7H2,1-2H3. The van der Waals surface area contributed by atoms with Crippen LogP contribution < -0.4 is 0 Å². The van der Waals surface area contributed by atoms with E-state index in [4.69, 9.17) is 9.47 Å². The maximum absolute atomic E-state index is 11.2. The van der Waals surface area contributed by atoms with Crippen molar-refractivity contribution >= 4 is 5.91 Å². The molecule has 1 fully saturated rings. The molecule has 0 aromatic carbocycles. The monoisotopic (exact) mass is 187 g/mol. The van der Waals surface area contributed by atoms with E-state index in [-0.39, 0.29) is 12.2 Å². The van der Waals surface area contributed by atoms with Gasteiger partial charge in [-0.3, -0.25) is 4.79 Å². The fourth-order valence-corrected chi connectivity index (χ4v) is 1.24. The summed E-state index contributed by atoms with van der Waals surface area (Å²) in [5, 5.41) is 0. The van der Waals surface area contributed by atoms with E-state index in [0.717, 1.165) is 19.6 Å². The van der Waals surface area contributed by atoms with Crippen molar-refractivity contribution < 1.29 is 14.3 Å². The van der Waals surface area contributed by atoms with Crippen molar-refractivity contribution in [2.45, 2.75) is 26.1 Å². The molecule has 0 N–H and O–H groups in total. The van der Waals surface area contributed by atoms with E-state index in [0.29, 0.717) is 13.0 Å². The second-order valence-corrected chi connectivity index (χ2v) is 3.15. The van der Waals surface area contributed by atoms with Gasteiger partial charge in [0.05, 0.1) is 19.8 Å². The van der Waals surface area contributed by atoms with Crippen molar-refractivity contribution in [3.8, 4) is 0 Å². The molecule has 1 aliphatic heterocycles. The molecule has 0 saturated carbocycles. The van der Waals surface area contributed by atoms with Gasteiger partial charge in [-0.25, -0.2) is 0 Å². The predicted molar refractivity (Wildman–Crippen MR) is 48.2 cm³/mol. The van der Waals surface area contributed by atoms with Gasteiger partial charge in [-0.05, 0) is 6.42 Å². The molecule has 0 spiro atoms. The van der Waals surface area contributed by atoms with Crippen LogP contribution in [0, 0.1) is 0 Å². The largest absolute Gasteiger partial charge is 0.351 e. The van der Waals surface area contributed by atoms with Crippen molar-refractivity contribution in [2.75, 3.05) is 26.8 Å². The third-order valence-corrected chi connectivity index (χ3v) is 2.05. The fraction of sp³-hybridized carbons (Fsp3) is 0.889. The van der Waals surface area contributed by atoms with Crippen LogP contribution >= 0.6 is 0 Å². The lowest BCUT2D eigenvalue weighted by molar-refractivity contribution is -0.187. The molecule has 4 nitrogen and oxygen atoms in total. The molecule has 1 saturated heterocycles. The van der Waals surface area contributed by atoms with Gasteiger partial charge in [0.25, 0.3) is 0 Å². The molecule has 0 aromatic heterocycles. The molecule has 0 atom stereocenters. The topological polar surface area (TPSA) is 38.8 Å². The molecule has 0 unspecified atom stereocenters. The number of rotatable bonds is 3. The summed E-state index contributed by atoms with van der Waals surface area (Å²) < 4.78 is 10.7. The molecule has 0 bridgehead atoms. The summed E-state index contributed by atoms with van der Waals surface area (Å²) in [5.74, 6) is 0.123. The first-order chi connectivity index (χ1) is 6.24. The molecule has 0 radical (unpaired) electrons. The van der Waals surface area contributed by atoms with Crippen LogP contribution in [0.25, 0.3) is 0 Å². The maximum atomic E-state index is 11.2. The zero-order valence-corrected chi connectivity index (χ0v) is 8.28. The molecule has 13 heavy (non-hydrogen) atoms. The Labute approximate surface area is 78.8 Å². The number of amides is 1. The first kappa shape index (κ1) is 10.5. The molecule has 1 rings (SSSR count). The number of hydrogen-bond donors (Lipinski definition) is 0. The van der Waals surface area contributed by atoms with E-state index >= 15 is 0 Å². The van der Waals surface area contributed by atoms with Crippen LogP contribution in [0.15, 0.2) is 0 Å². The van der Waals surface area contributed by atoms with Crippen molar-refractivity contribution in [1.82, 2.24) is 4.90 Å². The smallest absolute Gasteiger partial charge is 0.222 e. The Morgan fingerprint density at radius 2 is 2.08 bits per heavy atom. The molecule has 76 valence electrons. The van der Waals surface area contributed by atoms with Gasteiger partial charge in [-0.15, -0.1) is 0 Å². The minimum absolute atomic E-state index is 0.123. The molecular formula is C9H17NO3. The van der Waals surface area contributed by atoms with Crippen molar-refractivity contribution in [2.24, 2.45) is 0 Å². The Hall–Kier alpha value is -0.610. The van der Waals surface area contributed by atoms with Crippen LogP contribution in [0.2, 0.25) is 0 Å². The summed E-state index contributed by atoms with van der Waals surface area (Å²) in [4.78, 5) is 12.8. The van der Waals surface area contributed by atoms with E-state index in [1.807, 2.05) is 6.92 Å². The zero-order chi connectivity index (χ0) is 9.68. The highest BCUT2D eigenvalue weighted by Crippen LogP contribution is 2.06. The third-order valence-electron chi connectivity index (χ3n) is 2.05.